The second-order valence-electron chi connectivity index (χ2n) is 3.93. The van der Waals surface area contributed by atoms with Crippen molar-refractivity contribution in [2.24, 2.45) is 0 Å². The Morgan fingerprint density at radius 3 is 2.50 bits per heavy atom. The van der Waals surface area contributed by atoms with Crippen molar-refractivity contribution in [1.82, 2.24) is 15.0 Å². The summed E-state index contributed by atoms with van der Waals surface area (Å²) >= 11 is 0. The Kier molecular flexibility index (Phi) is 3.77. The predicted octanol–water partition coefficient (Wildman–Crippen LogP) is 2.45. The Balaban J connectivity index is 2.18. The van der Waals surface area contributed by atoms with Gasteiger partial charge in [-0.05, 0) is 6.92 Å². The first-order chi connectivity index (χ1) is 9.38. The molecule has 108 valence electrons. The highest BCUT2D eigenvalue weighted by Crippen LogP contribution is 2.28. The lowest BCUT2D eigenvalue weighted by atomic mass is 10.4. The number of rotatable bonds is 4. The van der Waals surface area contributed by atoms with Crippen LogP contribution in [-0.2, 0) is 12.7 Å². The smallest absolute Gasteiger partial charge is 0.444 e. The van der Waals surface area contributed by atoms with Gasteiger partial charge in [0.2, 0.25) is 11.7 Å². The highest BCUT2D eigenvalue weighted by Gasteiger charge is 2.35. The van der Waals surface area contributed by atoms with E-state index in [9.17, 15) is 13.2 Å². The highest BCUT2D eigenvalue weighted by atomic mass is 19.4. The minimum Gasteiger partial charge on any atom is -0.444 e. The van der Waals surface area contributed by atoms with Crippen LogP contribution in [0.4, 0.5) is 24.8 Å². The average molecular weight is 287 g/mol. The van der Waals surface area contributed by atoms with Gasteiger partial charge in [-0.15, -0.1) is 0 Å². The van der Waals surface area contributed by atoms with Gasteiger partial charge in [-0.3, -0.25) is 0 Å². The molecule has 2 rings (SSSR count). The molecule has 2 aromatic heterocycles. The third-order valence-electron chi connectivity index (χ3n) is 2.33. The molecule has 0 radical (unpaired) electrons. The maximum Gasteiger partial charge on any atom is 0.451 e. The van der Waals surface area contributed by atoms with Crippen molar-refractivity contribution in [2.75, 3.05) is 17.7 Å². The van der Waals surface area contributed by atoms with Crippen LogP contribution in [0.2, 0.25) is 0 Å². The van der Waals surface area contributed by atoms with Crippen molar-refractivity contribution in [3.8, 4) is 0 Å². The lowest BCUT2D eigenvalue weighted by Gasteiger charge is -2.10. The number of nitrogens with one attached hydrogen (secondary N) is 2. The van der Waals surface area contributed by atoms with Gasteiger partial charge in [-0.1, -0.05) is 0 Å². The summed E-state index contributed by atoms with van der Waals surface area (Å²) in [5, 5.41) is 5.27. The van der Waals surface area contributed by atoms with Crippen molar-refractivity contribution in [3.05, 3.63) is 29.7 Å². The topological polar surface area (TPSA) is 75.9 Å². The monoisotopic (exact) mass is 287 g/mol. The van der Waals surface area contributed by atoms with Gasteiger partial charge in [-0.2, -0.15) is 13.2 Å². The molecule has 2 aromatic rings. The second kappa shape index (κ2) is 5.35. The van der Waals surface area contributed by atoms with Crippen molar-refractivity contribution >= 4 is 11.6 Å². The molecule has 6 nitrogen and oxygen atoms in total. The van der Waals surface area contributed by atoms with Crippen LogP contribution in [0.15, 0.2) is 16.7 Å². The van der Waals surface area contributed by atoms with E-state index in [1.54, 1.807) is 6.92 Å². The number of aryl methyl sites for hydroxylation is 1. The summed E-state index contributed by atoms with van der Waals surface area (Å²) in [6, 6.07) is 1.37. The van der Waals surface area contributed by atoms with Crippen LogP contribution in [0.1, 0.15) is 17.5 Å². The summed E-state index contributed by atoms with van der Waals surface area (Å²) < 4.78 is 43.1. The van der Waals surface area contributed by atoms with E-state index in [2.05, 4.69) is 25.6 Å². The van der Waals surface area contributed by atoms with Gasteiger partial charge in [0.25, 0.3) is 0 Å². The Morgan fingerprint density at radius 2 is 1.95 bits per heavy atom. The van der Waals surface area contributed by atoms with Crippen LogP contribution < -0.4 is 10.6 Å². The van der Waals surface area contributed by atoms with Crippen LogP contribution in [-0.4, -0.2) is 22.0 Å². The summed E-state index contributed by atoms with van der Waals surface area (Å²) in [4.78, 5) is 10.7. The molecular weight excluding hydrogens is 275 g/mol. The van der Waals surface area contributed by atoms with Crippen molar-refractivity contribution in [3.63, 3.8) is 0 Å². The maximum atomic E-state index is 12.6. The molecule has 0 unspecified atom stereocenters. The first-order valence-electron chi connectivity index (χ1n) is 5.67. The third-order valence-corrected chi connectivity index (χ3v) is 2.33. The number of anilines is 2. The number of hydrogen-bond acceptors (Lipinski definition) is 6. The van der Waals surface area contributed by atoms with Crippen molar-refractivity contribution in [1.29, 1.82) is 0 Å². The van der Waals surface area contributed by atoms with Gasteiger partial charge in [0.1, 0.15) is 17.4 Å². The molecule has 0 aromatic carbocycles. The van der Waals surface area contributed by atoms with E-state index in [0.29, 0.717) is 11.7 Å². The average Bonchev–Trinajstić information content (AvgIpc) is 2.81. The third kappa shape index (κ3) is 3.37. The normalized spacial score (nSPS) is 11.4. The number of oxazole rings is 1. The molecule has 0 saturated heterocycles. The maximum absolute atomic E-state index is 12.6. The lowest BCUT2D eigenvalue weighted by molar-refractivity contribution is -0.144. The van der Waals surface area contributed by atoms with Crippen molar-refractivity contribution in [2.45, 2.75) is 19.6 Å². The second-order valence-corrected chi connectivity index (χ2v) is 3.93. The van der Waals surface area contributed by atoms with Crippen molar-refractivity contribution < 1.29 is 17.6 Å². The SMILES string of the molecule is CNc1cc(NCc2ncc(C)o2)nc(C(F)(F)F)n1. The van der Waals surface area contributed by atoms with Gasteiger partial charge in [0.15, 0.2) is 0 Å². The largest absolute Gasteiger partial charge is 0.451 e. The molecule has 0 atom stereocenters. The zero-order valence-corrected chi connectivity index (χ0v) is 10.7. The molecule has 2 heterocycles. The van der Waals surface area contributed by atoms with Gasteiger partial charge in [0, 0.05) is 13.1 Å². The zero-order valence-electron chi connectivity index (χ0n) is 10.7. The molecule has 0 aliphatic carbocycles. The standard InChI is InChI=1S/C11H12F3N5O/c1-6-4-17-9(20-6)5-16-8-3-7(15-2)18-10(19-8)11(12,13)14/h3-4H,5H2,1-2H3,(H2,15,16,18,19). The van der Waals surface area contributed by atoms with E-state index in [4.69, 9.17) is 4.42 Å². The summed E-state index contributed by atoms with van der Waals surface area (Å²) in [5.74, 6) is -0.126. The highest BCUT2D eigenvalue weighted by molar-refractivity contribution is 5.47. The molecule has 2 N–H and O–H groups in total. The molecule has 0 saturated carbocycles. The van der Waals surface area contributed by atoms with Gasteiger partial charge < -0.3 is 15.1 Å². The molecule has 0 bridgehead atoms. The van der Waals surface area contributed by atoms with Gasteiger partial charge in [0.05, 0.1) is 12.7 Å². The molecule has 0 aliphatic rings. The van der Waals surface area contributed by atoms with Crippen LogP contribution >= 0.6 is 0 Å². The van der Waals surface area contributed by atoms with E-state index in [-0.39, 0.29) is 18.2 Å². The Morgan fingerprint density at radius 1 is 1.25 bits per heavy atom. The first kappa shape index (κ1) is 14.1. The number of aromatic nitrogens is 3. The van der Waals surface area contributed by atoms with Crippen LogP contribution in [0.5, 0.6) is 0 Å². The Hall–Kier alpha value is -2.32. The molecule has 9 heteroatoms. The Bertz CT molecular complexity index is 596. The summed E-state index contributed by atoms with van der Waals surface area (Å²) in [5.41, 5.74) is 0. The summed E-state index contributed by atoms with van der Waals surface area (Å²) in [7, 11) is 1.48. The van der Waals surface area contributed by atoms with Gasteiger partial charge in [-0.25, -0.2) is 15.0 Å². The van der Waals surface area contributed by atoms with E-state index >= 15 is 0 Å². The lowest BCUT2D eigenvalue weighted by Crippen LogP contribution is -2.14. The number of nitrogens with zero attached hydrogens (tertiary/aromatic N) is 3. The minimum absolute atomic E-state index is 0.0347. The number of alkyl halides is 3. The van der Waals surface area contributed by atoms with Crippen LogP contribution in [0.25, 0.3) is 0 Å². The van der Waals surface area contributed by atoms with Crippen LogP contribution in [0.3, 0.4) is 0 Å². The molecule has 0 spiro atoms. The molecule has 0 fully saturated rings. The fraction of sp³-hybridized carbons (Fsp3) is 0.364. The van der Waals surface area contributed by atoms with Gasteiger partial charge >= 0.3 is 6.18 Å². The van der Waals surface area contributed by atoms with Crippen LogP contribution in [0, 0.1) is 6.92 Å². The summed E-state index contributed by atoms with van der Waals surface area (Å²) in [6.07, 6.45) is -3.08. The number of halogens is 3. The zero-order chi connectivity index (χ0) is 14.8. The fourth-order valence-electron chi connectivity index (χ4n) is 1.44. The number of hydrogen-bond donors (Lipinski definition) is 2. The molecule has 20 heavy (non-hydrogen) atoms. The minimum atomic E-state index is -4.61. The first-order valence-corrected chi connectivity index (χ1v) is 5.67. The molecule has 0 amide bonds. The Labute approximate surface area is 112 Å². The van der Waals surface area contributed by atoms with E-state index < -0.39 is 12.0 Å². The van der Waals surface area contributed by atoms with E-state index in [0.717, 1.165) is 0 Å². The van der Waals surface area contributed by atoms with E-state index in [1.807, 2.05) is 0 Å². The molecule has 0 aliphatic heterocycles. The molecular formula is C11H12F3N5O. The summed E-state index contributed by atoms with van der Waals surface area (Å²) in [6.45, 7) is 1.85. The predicted molar refractivity (Wildman–Crippen MR) is 65.1 cm³/mol. The quantitative estimate of drug-likeness (QED) is 0.899. The fourth-order valence-corrected chi connectivity index (χ4v) is 1.44. The van der Waals surface area contributed by atoms with E-state index in [1.165, 1.54) is 19.3 Å².